The number of ether oxygens (including phenoxy) is 1. The van der Waals surface area contributed by atoms with Crippen molar-refractivity contribution in [3.63, 3.8) is 0 Å². The Morgan fingerprint density at radius 2 is 1.49 bits per heavy atom. The normalized spacial score (nSPS) is 14.3. The molecule has 0 spiro atoms. The maximum absolute atomic E-state index is 13.1. The van der Waals surface area contributed by atoms with Gasteiger partial charge in [0.15, 0.2) is 0 Å². The van der Waals surface area contributed by atoms with Crippen molar-refractivity contribution in [3.8, 4) is 0 Å². The van der Waals surface area contributed by atoms with Crippen LogP contribution in [0.5, 0.6) is 0 Å². The van der Waals surface area contributed by atoms with Crippen molar-refractivity contribution in [1.29, 1.82) is 0 Å². The van der Waals surface area contributed by atoms with E-state index in [1.54, 1.807) is 52.0 Å². The van der Waals surface area contributed by atoms with E-state index in [0.717, 1.165) is 5.56 Å². The van der Waals surface area contributed by atoms with Gasteiger partial charge in [0.05, 0.1) is 0 Å². The second-order valence-electron chi connectivity index (χ2n) is 9.12. The van der Waals surface area contributed by atoms with Gasteiger partial charge in [0, 0.05) is 6.42 Å². The highest BCUT2D eigenvalue weighted by Gasteiger charge is 2.34. The Bertz CT molecular complexity index is 928. The molecule has 4 atom stereocenters. The minimum absolute atomic E-state index is 0.0248. The van der Waals surface area contributed by atoms with E-state index in [9.17, 15) is 32.8 Å². The van der Waals surface area contributed by atoms with Gasteiger partial charge in [0.1, 0.15) is 24.7 Å². The Balaban J connectivity index is 2.98. The number of aliphatic carboxylic acids is 1. The molecule has 10 nitrogen and oxygen atoms in total. The van der Waals surface area contributed by atoms with Crippen LogP contribution >= 0.6 is 0 Å². The van der Waals surface area contributed by atoms with Crippen LogP contribution in [0.1, 0.15) is 52.5 Å². The fraction of sp³-hybridized carbons (Fsp3) is 0.560. The van der Waals surface area contributed by atoms with Crippen LogP contribution in [-0.2, 0) is 30.5 Å². The Morgan fingerprint density at radius 3 is 2.00 bits per heavy atom. The summed E-state index contributed by atoms with van der Waals surface area (Å²) in [5.74, 6) is -5.79. The lowest BCUT2D eigenvalue weighted by Gasteiger charge is -2.27. The number of alkyl halides is 2. The quantitative estimate of drug-likeness (QED) is 0.256. The number of amides is 3. The predicted molar refractivity (Wildman–Crippen MR) is 130 cm³/mol. The van der Waals surface area contributed by atoms with Crippen molar-refractivity contribution >= 4 is 29.7 Å². The van der Waals surface area contributed by atoms with Crippen LogP contribution in [0.2, 0.25) is 0 Å². The van der Waals surface area contributed by atoms with E-state index in [0.29, 0.717) is 6.42 Å². The summed E-state index contributed by atoms with van der Waals surface area (Å²) in [6.45, 7) is 6.98. The molecule has 0 aliphatic carbocycles. The van der Waals surface area contributed by atoms with Crippen molar-refractivity contribution in [3.05, 3.63) is 35.9 Å². The summed E-state index contributed by atoms with van der Waals surface area (Å²) < 4.78 is 31.0. The fourth-order valence-electron chi connectivity index (χ4n) is 3.39. The SMILES string of the molecule is CCC(C)[C@H](NC(=O)OCc1ccccc1)C(=O)N[C@@H](CC(C)C)C(=O)NC(CC(F)F)C(=O)C(=O)O. The molecule has 0 radical (unpaired) electrons. The molecule has 0 heterocycles. The van der Waals surface area contributed by atoms with E-state index in [2.05, 4.69) is 10.6 Å². The van der Waals surface area contributed by atoms with E-state index in [-0.39, 0.29) is 24.9 Å². The summed E-state index contributed by atoms with van der Waals surface area (Å²) in [4.78, 5) is 61.2. The number of carboxylic acids is 1. The first kappa shape index (κ1) is 31.5. The van der Waals surface area contributed by atoms with Crippen LogP contribution < -0.4 is 16.0 Å². The molecule has 206 valence electrons. The van der Waals surface area contributed by atoms with Crippen molar-refractivity contribution in [1.82, 2.24) is 16.0 Å². The largest absolute Gasteiger partial charge is 0.475 e. The Morgan fingerprint density at radius 1 is 0.892 bits per heavy atom. The maximum atomic E-state index is 13.1. The zero-order valence-corrected chi connectivity index (χ0v) is 21.3. The van der Waals surface area contributed by atoms with Crippen LogP contribution in [0.25, 0.3) is 0 Å². The standard InChI is InChI=1S/C25H35F2N3O7/c1-5-15(4)20(30-25(36)37-13-16-9-7-6-8-10-16)23(33)29-18(11-14(2)3)22(32)28-17(12-19(26)27)21(31)24(34)35/h6-10,14-15,17-20H,5,11-13H2,1-4H3,(H,28,32)(H,29,33)(H,30,36)(H,34,35)/t15?,17?,18-,20-/m0/s1. The molecule has 0 aliphatic heterocycles. The van der Waals surface area contributed by atoms with Crippen molar-refractivity contribution in [2.45, 2.75) is 78.1 Å². The second-order valence-corrected chi connectivity index (χ2v) is 9.12. The molecule has 0 aromatic heterocycles. The van der Waals surface area contributed by atoms with Crippen LogP contribution in [0, 0.1) is 11.8 Å². The Labute approximate surface area is 214 Å². The molecular formula is C25H35F2N3O7. The van der Waals surface area contributed by atoms with E-state index in [1.165, 1.54) is 0 Å². The number of hydrogen-bond acceptors (Lipinski definition) is 6. The topological polar surface area (TPSA) is 151 Å². The molecule has 0 saturated carbocycles. The van der Waals surface area contributed by atoms with E-state index >= 15 is 0 Å². The highest BCUT2D eigenvalue weighted by atomic mass is 19.3. The molecule has 4 N–H and O–H groups in total. The van der Waals surface area contributed by atoms with Crippen LogP contribution in [0.4, 0.5) is 13.6 Å². The summed E-state index contributed by atoms with van der Waals surface area (Å²) in [5.41, 5.74) is 0.741. The third kappa shape index (κ3) is 11.4. The smallest absolute Gasteiger partial charge is 0.408 e. The Hall–Kier alpha value is -3.57. The third-order valence-corrected chi connectivity index (χ3v) is 5.58. The number of alkyl carbamates (subject to hydrolysis) is 1. The molecule has 3 amide bonds. The Kier molecular flexibility index (Phi) is 13.2. The molecule has 37 heavy (non-hydrogen) atoms. The van der Waals surface area contributed by atoms with Gasteiger partial charge in [-0.25, -0.2) is 18.4 Å². The summed E-state index contributed by atoms with van der Waals surface area (Å²) in [7, 11) is 0. The number of nitrogens with one attached hydrogen (secondary N) is 3. The number of carbonyl (C=O) groups excluding carboxylic acids is 4. The van der Waals surface area contributed by atoms with Gasteiger partial charge < -0.3 is 25.8 Å². The van der Waals surface area contributed by atoms with E-state index in [4.69, 9.17) is 9.84 Å². The first-order chi connectivity index (χ1) is 17.3. The molecule has 2 unspecified atom stereocenters. The number of hydrogen-bond donors (Lipinski definition) is 4. The highest BCUT2D eigenvalue weighted by Crippen LogP contribution is 2.13. The number of Topliss-reactive ketones (excluding diaryl/α,β-unsaturated/α-hetero) is 1. The molecule has 0 saturated heterocycles. The average molecular weight is 528 g/mol. The van der Waals surface area contributed by atoms with Gasteiger partial charge in [-0.15, -0.1) is 0 Å². The molecule has 12 heteroatoms. The van der Waals surface area contributed by atoms with Gasteiger partial charge in [0.2, 0.25) is 18.2 Å². The number of ketones is 1. The maximum Gasteiger partial charge on any atom is 0.408 e. The van der Waals surface area contributed by atoms with Crippen molar-refractivity contribution < 1.29 is 42.6 Å². The highest BCUT2D eigenvalue weighted by molar-refractivity contribution is 6.35. The number of benzene rings is 1. The van der Waals surface area contributed by atoms with Gasteiger partial charge in [-0.05, 0) is 23.8 Å². The van der Waals surface area contributed by atoms with Gasteiger partial charge in [-0.1, -0.05) is 64.4 Å². The van der Waals surface area contributed by atoms with Crippen molar-refractivity contribution in [2.75, 3.05) is 0 Å². The first-order valence-corrected chi connectivity index (χ1v) is 12.0. The average Bonchev–Trinajstić information content (AvgIpc) is 2.84. The van der Waals surface area contributed by atoms with Gasteiger partial charge in [-0.2, -0.15) is 0 Å². The van der Waals surface area contributed by atoms with Crippen LogP contribution in [0.15, 0.2) is 30.3 Å². The van der Waals surface area contributed by atoms with Crippen LogP contribution in [-0.4, -0.2) is 59.3 Å². The molecule has 0 aliphatic rings. The number of carbonyl (C=O) groups is 5. The second kappa shape index (κ2) is 15.5. The molecule has 1 aromatic carbocycles. The first-order valence-electron chi connectivity index (χ1n) is 12.0. The minimum atomic E-state index is -3.05. The van der Waals surface area contributed by atoms with Crippen LogP contribution in [0.3, 0.4) is 0 Å². The lowest BCUT2D eigenvalue weighted by atomic mass is 9.96. The molecule has 1 rings (SSSR count). The number of carboxylic acid groups (broad SMARTS) is 1. The minimum Gasteiger partial charge on any atom is -0.475 e. The summed E-state index contributed by atoms with van der Waals surface area (Å²) in [6, 6.07) is 4.56. The monoisotopic (exact) mass is 527 g/mol. The van der Waals surface area contributed by atoms with Gasteiger partial charge in [0.25, 0.3) is 5.78 Å². The fourth-order valence-corrected chi connectivity index (χ4v) is 3.39. The lowest BCUT2D eigenvalue weighted by Crippen LogP contribution is -2.58. The molecule has 1 aromatic rings. The molecular weight excluding hydrogens is 492 g/mol. The molecule has 0 bridgehead atoms. The summed E-state index contributed by atoms with van der Waals surface area (Å²) in [5, 5.41) is 15.9. The van der Waals surface area contributed by atoms with E-state index < -0.39 is 60.6 Å². The third-order valence-electron chi connectivity index (χ3n) is 5.58. The zero-order valence-electron chi connectivity index (χ0n) is 21.3. The predicted octanol–water partition coefficient (Wildman–Crippen LogP) is 2.65. The van der Waals surface area contributed by atoms with Gasteiger partial charge >= 0.3 is 12.1 Å². The van der Waals surface area contributed by atoms with Gasteiger partial charge in [-0.3, -0.25) is 14.4 Å². The summed E-state index contributed by atoms with van der Waals surface area (Å²) in [6.07, 6.45) is -4.54. The number of halogens is 2. The summed E-state index contributed by atoms with van der Waals surface area (Å²) >= 11 is 0. The molecule has 0 fully saturated rings. The van der Waals surface area contributed by atoms with E-state index in [1.807, 2.05) is 11.4 Å². The lowest BCUT2D eigenvalue weighted by molar-refractivity contribution is -0.151. The zero-order chi connectivity index (χ0) is 28.1. The van der Waals surface area contributed by atoms with Crippen molar-refractivity contribution in [2.24, 2.45) is 11.8 Å². The number of rotatable bonds is 15.